The third-order valence-corrected chi connectivity index (χ3v) is 4.04. The van der Waals surface area contributed by atoms with Crippen molar-refractivity contribution in [1.82, 2.24) is 0 Å². The first kappa shape index (κ1) is 13.0. The molecule has 20 heavy (non-hydrogen) atoms. The van der Waals surface area contributed by atoms with Gasteiger partial charge in [-0.1, -0.05) is 36.8 Å². The molecular formula is C18H17FO. The highest BCUT2D eigenvalue weighted by Crippen LogP contribution is 2.36. The van der Waals surface area contributed by atoms with Crippen LogP contribution in [0.4, 0.5) is 4.39 Å². The van der Waals surface area contributed by atoms with Crippen molar-refractivity contribution in [2.24, 2.45) is 0 Å². The Morgan fingerprint density at radius 1 is 1.10 bits per heavy atom. The molecule has 2 heteroatoms. The first-order valence-corrected chi connectivity index (χ1v) is 7.10. The van der Waals surface area contributed by atoms with Gasteiger partial charge in [0.05, 0.1) is 0 Å². The molecule has 0 bridgehead atoms. The van der Waals surface area contributed by atoms with Crippen LogP contribution in [0.5, 0.6) is 0 Å². The number of Topliss-reactive ketones (excluding diaryl/α,β-unsaturated/α-hetero) is 1. The van der Waals surface area contributed by atoms with Crippen LogP contribution in [-0.2, 0) is 6.42 Å². The first-order chi connectivity index (χ1) is 9.72. The lowest BCUT2D eigenvalue weighted by atomic mass is 9.79. The Kier molecular flexibility index (Phi) is 3.64. The largest absolute Gasteiger partial charge is 0.294 e. The molecule has 0 aliphatic heterocycles. The lowest BCUT2D eigenvalue weighted by molar-refractivity contribution is 0.0993. The van der Waals surface area contributed by atoms with E-state index in [1.807, 2.05) is 18.2 Å². The van der Waals surface area contributed by atoms with Crippen molar-refractivity contribution in [2.45, 2.75) is 31.6 Å². The highest BCUT2D eigenvalue weighted by Gasteiger charge is 2.20. The Bertz CT molecular complexity index is 629. The number of carbonyl (C=O) groups excluding carboxylic acids is 1. The maximum atomic E-state index is 13.1. The van der Waals surface area contributed by atoms with E-state index in [2.05, 4.69) is 6.07 Å². The van der Waals surface area contributed by atoms with E-state index in [1.165, 1.54) is 37.0 Å². The van der Waals surface area contributed by atoms with Gasteiger partial charge < -0.3 is 0 Å². The molecule has 1 nitrogen and oxygen atoms in total. The van der Waals surface area contributed by atoms with Crippen LogP contribution in [-0.4, -0.2) is 5.78 Å². The quantitative estimate of drug-likeness (QED) is 0.745. The maximum absolute atomic E-state index is 13.1. The summed E-state index contributed by atoms with van der Waals surface area (Å²) in [6.45, 7) is 0. The maximum Gasteiger partial charge on any atom is 0.167 e. The standard InChI is InChI=1S/C18H17FO/c19-17-9-1-4-13(10-17)11-18(20)16-8-3-7-15(12-16)14-5-2-6-14/h1,3-4,7-10,12,14H,2,5-6,11H2. The van der Waals surface area contributed by atoms with Crippen molar-refractivity contribution < 1.29 is 9.18 Å². The predicted octanol–water partition coefficient (Wildman–Crippen LogP) is 4.52. The number of ketones is 1. The number of carbonyl (C=O) groups is 1. The van der Waals surface area contributed by atoms with Crippen molar-refractivity contribution in [3.8, 4) is 0 Å². The second kappa shape index (κ2) is 5.58. The summed E-state index contributed by atoms with van der Waals surface area (Å²) in [6, 6.07) is 14.2. The fraction of sp³-hybridized carbons (Fsp3) is 0.278. The second-order valence-corrected chi connectivity index (χ2v) is 5.48. The van der Waals surface area contributed by atoms with Gasteiger partial charge in [0.1, 0.15) is 5.82 Å². The minimum absolute atomic E-state index is 0.0526. The Hall–Kier alpha value is -1.96. The monoisotopic (exact) mass is 268 g/mol. The molecule has 0 N–H and O–H groups in total. The van der Waals surface area contributed by atoms with Gasteiger partial charge >= 0.3 is 0 Å². The van der Waals surface area contributed by atoms with Crippen molar-refractivity contribution >= 4 is 5.78 Å². The van der Waals surface area contributed by atoms with E-state index >= 15 is 0 Å². The molecule has 0 heterocycles. The molecule has 1 aliphatic carbocycles. The summed E-state index contributed by atoms with van der Waals surface area (Å²) in [5.74, 6) is 0.382. The van der Waals surface area contributed by atoms with Gasteiger partial charge in [-0.2, -0.15) is 0 Å². The molecule has 1 aliphatic rings. The van der Waals surface area contributed by atoms with Crippen LogP contribution in [0.2, 0.25) is 0 Å². The van der Waals surface area contributed by atoms with Crippen molar-refractivity contribution in [3.05, 3.63) is 71.0 Å². The van der Waals surface area contributed by atoms with Gasteiger partial charge in [-0.25, -0.2) is 4.39 Å². The molecule has 0 atom stereocenters. The smallest absolute Gasteiger partial charge is 0.167 e. The Labute approximate surface area is 118 Å². The van der Waals surface area contributed by atoms with Gasteiger partial charge in [0.15, 0.2) is 5.78 Å². The second-order valence-electron chi connectivity index (χ2n) is 5.48. The normalized spacial score (nSPS) is 14.8. The van der Waals surface area contributed by atoms with E-state index in [-0.39, 0.29) is 18.0 Å². The molecule has 0 spiro atoms. The van der Waals surface area contributed by atoms with Gasteiger partial charge in [0.2, 0.25) is 0 Å². The van der Waals surface area contributed by atoms with Gasteiger partial charge in [0.25, 0.3) is 0 Å². The number of hydrogen-bond donors (Lipinski definition) is 0. The van der Waals surface area contributed by atoms with Crippen LogP contribution in [0.25, 0.3) is 0 Å². The Balaban J connectivity index is 1.76. The van der Waals surface area contributed by atoms with Crippen LogP contribution < -0.4 is 0 Å². The topological polar surface area (TPSA) is 17.1 Å². The fourth-order valence-corrected chi connectivity index (χ4v) is 2.64. The highest BCUT2D eigenvalue weighted by molar-refractivity contribution is 5.97. The summed E-state index contributed by atoms with van der Waals surface area (Å²) in [7, 11) is 0. The molecule has 1 saturated carbocycles. The highest BCUT2D eigenvalue weighted by atomic mass is 19.1. The SMILES string of the molecule is O=C(Cc1cccc(F)c1)c1cccc(C2CCC2)c1. The molecule has 3 rings (SSSR count). The minimum atomic E-state index is -0.293. The molecule has 2 aromatic rings. The molecule has 2 aromatic carbocycles. The third kappa shape index (κ3) is 2.79. The molecule has 0 radical (unpaired) electrons. The summed E-state index contributed by atoms with van der Waals surface area (Å²) < 4.78 is 13.1. The van der Waals surface area contributed by atoms with Crippen molar-refractivity contribution in [2.75, 3.05) is 0 Å². The molecule has 0 saturated heterocycles. The van der Waals surface area contributed by atoms with Gasteiger partial charge in [0, 0.05) is 12.0 Å². The average molecular weight is 268 g/mol. The zero-order chi connectivity index (χ0) is 13.9. The zero-order valence-electron chi connectivity index (χ0n) is 11.3. The van der Waals surface area contributed by atoms with E-state index in [9.17, 15) is 9.18 Å². The van der Waals surface area contributed by atoms with Crippen LogP contribution in [0.1, 0.15) is 46.7 Å². The third-order valence-electron chi connectivity index (χ3n) is 4.04. The first-order valence-electron chi connectivity index (χ1n) is 7.10. The summed E-state index contributed by atoms with van der Waals surface area (Å²) in [4.78, 5) is 12.3. The number of hydrogen-bond acceptors (Lipinski definition) is 1. The van der Waals surface area contributed by atoms with Crippen LogP contribution in [0.3, 0.4) is 0 Å². The van der Waals surface area contributed by atoms with Gasteiger partial charge in [-0.15, -0.1) is 0 Å². The Morgan fingerprint density at radius 2 is 1.90 bits per heavy atom. The van der Waals surface area contributed by atoms with Crippen molar-refractivity contribution in [1.29, 1.82) is 0 Å². The van der Waals surface area contributed by atoms with E-state index in [4.69, 9.17) is 0 Å². The van der Waals surface area contributed by atoms with Gasteiger partial charge in [-0.3, -0.25) is 4.79 Å². The van der Waals surface area contributed by atoms with E-state index in [0.717, 1.165) is 11.1 Å². The van der Waals surface area contributed by atoms with Crippen LogP contribution in [0, 0.1) is 5.82 Å². The van der Waals surface area contributed by atoms with Crippen molar-refractivity contribution in [3.63, 3.8) is 0 Å². The average Bonchev–Trinajstić information content (AvgIpc) is 2.37. The molecule has 0 unspecified atom stereocenters. The van der Waals surface area contributed by atoms with E-state index in [1.54, 1.807) is 12.1 Å². The minimum Gasteiger partial charge on any atom is -0.294 e. The zero-order valence-corrected chi connectivity index (χ0v) is 11.3. The molecule has 0 amide bonds. The molecule has 102 valence electrons. The number of benzene rings is 2. The predicted molar refractivity (Wildman–Crippen MR) is 77.5 cm³/mol. The van der Waals surface area contributed by atoms with Crippen LogP contribution in [0.15, 0.2) is 48.5 Å². The summed E-state index contributed by atoms with van der Waals surface area (Å²) in [6.07, 6.45) is 3.99. The lowest BCUT2D eigenvalue weighted by Crippen LogP contribution is -2.10. The number of halogens is 1. The van der Waals surface area contributed by atoms with Gasteiger partial charge in [-0.05, 0) is 48.1 Å². The molecule has 0 aromatic heterocycles. The number of rotatable bonds is 4. The molecular weight excluding hydrogens is 251 g/mol. The Morgan fingerprint density at radius 3 is 2.60 bits per heavy atom. The summed E-state index contributed by atoms with van der Waals surface area (Å²) in [5, 5.41) is 0. The fourth-order valence-electron chi connectivity index (χ4n) is 2.64. The summed E-state index contributed by atoms with van der Waals surface area (Å²) >= 11 is 0. The summed E-state index contributed by atoms with van der Waals surface area (Å²) in [5.41, 5.74) is 2.73. The molecule has 1 fully saturated rings. The van der Waals surface area contributed by atoms with E-state index < -0.39 is 0 Å². The lowest BCUT2D eigenvalue weighted by Gasteiger charge is -2.26. The van der Waals surface area contributed by atoms with E-state index in [0.29, 0.717) is 5.92 Å². The van der Waals surface area contributed by atoms with Crippen LogP contribution >= 0.6 is 0 Å².